The van der Waals surface area contributed by atoms with Crippen molar-refractivity contribution in [2.45, 2.75) is 0 Å². The normalized spacial score (nSPS) is 10.8. The van der Waals surface area contributed by atoms with Gasteiger partial charge >= 0.3 is 5.95 Å². The van der Waals surface area contributed by atoms with Gasteiger partial charge < -0.3 is 14.6 Å². The van der Waals surface area contributed by atoms with Gasteiger partial charge in [-0.25, -0.2) is 0 Å². The van der Waals surface area contributed by atoms with Crippen LogP contribution in [0.25, 0.3) is 5.71 Å². The van der Waals surface area contributed by atoms with Crippen molar-refractivity contribution >= 4 is 5.71 Å². The number of fused-ring (bicyclic) bond motifs is 1. The summed E-state index contributed by atoms with van der Waals surface area (Å²) in [6, 6.07) is 0. The van der Waals surface area contributed by atoms with Crippen molar-refractivity contribution in [1.82, 2.24) is 9.61 Å². The summed E-state index contributed by atoms with van der Waals surface area (Å²) in [6.07, 6.45) is 2.49. The van der Waals surface area contributed by atoms with Crippen molar-refractivity contribution < 1.29 is 14.6 Å². The molecule has 5 heteroatoms. The Morgan fingerprint density at radius 1 is 1.50 bits per heavy atom. The van der Waals surface area contributed by atoms with E-state index in [1.807, 2.05) is 0 Å². The summed E-state index contributed by atoms with van der Waals surface area (Å²) in [5.41, 5.74) is 0.150. The summed E-state index contributed by atoms with van der Waals surface area (Å²) in [5, 5.41) is 21.3. The molecule has 0 aliphatic carbocycles. The first-order chi connectivity index (χ1) is 4.77. The lowest BCUT2D eigenvalue weighted by atomic mass is 10.6. The zero-order valence-corrected chi connectivity index (χ0v) is 4.85. The van der Waals surface area contributed by atoms with Gasteiger partial charge in [0.25, 0.3) is 5.71 Å². The van der Waals surface area contributed by atoms with E-state index in [1.54, 1.807) is 0 Å². The molecule has 0 spiro atoms. The molecule has 2 aromatic rings. The predicted molar refractivity (Wildman–Crippen MR) is 30.8 cm³/mol. The van der Waals surface area contributed by atoms with Crippen LogP contribution in [0, 0.1) is 0 Å². The average molecular weight is 140 g/mol. The molecule has 0 bridgehead atoms. The Kier molecular flexibility index (Phi) is 0.743. The molecule has 10 heavy (non-hydrogen) atoms. The lowest BCUT2D eigenvalue weighted by Crippen LogP contribution is -1.74. The van der Waals surface area contributed by atoms with Crippen LogP contribution in [0.4, 0.5) is 0 Å². The molecule has 0 radical (unpaired) electrons. The fraction of sp³-hybridized carbons (Fsp3) is 0. The summed E-state index contributed by atoms with van der Waals surface area (Å²) in [6.45, 7) is 0. The third kappa shape index (κ3) is 0.485. The number of oxazole rings is 1. The van der Waals surface area contributed by atoms with Crippen molar-refractivity contribution in [1.29, 1.82) is 0 Å². The van der Waals surface area contributed by atoms with Crippen molar-refractivity contribution in [3.8, 4) is 11.7 Å². The van der Waals surface area contributed by atoms with E-state index in [1.165, 1.54) is 16.9 Å². The maximum atomic E-state index is 8.94. The molecule has 0 aliphatic rings. The lowest BCUT2D eigenvalue weighted by molar-refractivity contribution is 0.341. The van der Waals surface area contributed by atoms with E-state index in [0.29, 0.717) is 0 Å². The molecule has 0 aromatic carbocycles. The van der Waals surface area contributed by atoms with Crippen molar-refractivity contribution in [2.75, 3.05) is 0 Å². The fourth-order valence-electron chi connectivity index (χ4n) is 0.763. The highest BCUT2D eigenvalue weighted by atomic mass is 16.5. The minimum Gasteiger partial charge on any atom is -0.502 e. The number of aromatic hydroxyl groups is 2. The molecule has 0 saturated heterocycles. The van der Waals surface area contributed by atoms with Gasteiger partial charge in [0.15, 0.2) is 5.75 Å². The van der Waals surface area contributed by atoms with Crippen LogP contribution in [0.3, 0.4) is 0 Å². The number of rotatable bonds is 0. The minimum atomic E-state index is -0.265. The lowest BCUT2D eigenvalue weighted by Gasteiger charge is -1.77. The molecule has 0 unspecified atom stereocenters. The molecule has 0 amide bonds. The molecule has 0 fully saturated rings. The molecular weight excluding hydrogens is 136 g/mol. The van der Waals surface area contributed by atoms with E-state index in [0.717, 1.165) is 0 Å². The predicted octanol–water partition coefficient (Wildman–Crippen LogP) is 0.338. The van der Waals surface area contributed by atoms with Gasteiger partial charge in [0.05, 0.1) is 6.20 Å². The molecule has 52 valence electrons. The highest BCUT2D eigenvalue weighted by Gasteiger charge is 2.06. The molecule has 2 heterocycles. The fourth-order valence-corrected chi connectivity index (χ4v) is 0.763. The smallest absolute Gasteiger partial charge is 0.303 e. The summed E-state index contributed by atoms with van der Waals surface area (Å²) in [4.78, 5) is 0. The molecule has 2 N–H and O–H groups in total. The second-order valence-corrected chi connectivity index (χ2v) is 1.85. The summed E-state index contributed by atoms with van der Waals surface area (Å²) >= 11 is 0. The Morgan fingerprint density at radius 2 is 2.30 bits per heavy atom. The summed E-state index contributed by atoms with van der Waals surface area (Å²) < 4.78 is 5.89. The first-order valence-corrected chi connectivity index (χ1v) is 2.62. The van der Waals surface area contributed by atoms with E-state index >= 15 is 0 Å². The number of nitrogens with zero attached hydrogens (tertiary/aromatic N) is 2. The molecule has 5 nitrogen and oxygen atoms in total. The van der Waals surface area contributed by atoms with Crippen LogP contribution in [0.15, 0.2) is 16.8 Å². The van der Waals surface area contributed by atoms with Crippen molar-refractivity contribution in [2.24, 2.45) is 0 Å². The topological polar surface area (TPSA) is 70.9 Å². The van der Waals surface area contributed by atoms with E-state index in [4.69, 9.17) is 10.2 Å². The van der Waals surface area contributed by atoms with Gasteiger partial charge in [-0.3, -0.25) is 0 Å². The van der Waals surface area contributed by atoms with Gasteiger partial charge in [-0.15, -0.1) is 0 Å². The van der Waals surface area contributed by atoms with Crippen LogP contribution in [0.5, 0.6) is 11.7 Å². The first kappa shape index (κ1) is 5.16. The highest BCUT2D eigenvalue weighted by Crippen LogP contribution is 2.22. The second kappa shape index (κ2) is 1.44. The van der Waals surface area contributed by atoms with Crippen LogP contribution in [0.1, 0.15) is 0 Å². The Labute approximate surface area is 55.1 Å². The third-order valence-corrected chi connectivity index (χ3v) is 1.17. The summed E-state index contributed by atoms with van der Waals surface area (Å²) in [5.74, 6) is -0.348. The van der Waals surface area contributed by atoms with Crippen molar-refractivity contribution in [3.05, 3.63) is 12.4 Å². The average Bonchev–Trinajstić information content (AvgIpc) is 2.35. The van der Waals surface area contributed by atoms with E-state index in [-0.39, 0.29) is 17.4 Å². The standard InChI is InChI=1S/C5H4N2O3/c8-3-1-6-7-2-4(9)10-5(3)7/h1-2,8-9H. The first-order valence-electron chi connectivity index (χ1n) is 2.62. The molecule has 0 atom stereocenters. The van der Waals surface area contributed by atoms with Gasteiger partial charge in [0.2, 0.25) is 0 Å². The Bertz CT molecular complexity index is 362. The van der Waals surface area contributed by atoms with Crippen LogP contribution in [-0.2, 0) is 0 Å². The zero-order chi connectivity index (χ0) is 7.14. The van der Waals surface area contributed by atoms with Crippen LogP contribution in [-0.4, -0.2) is 19.8 Å². The SMILES string of the molecule is Oc1cn2ncc(O)c2o1. The molecule has 2 rings (SSSR count). The molecule has 0 saturated carbocycles. The van der Waals surface area contributed by atoms with Crippen molar-refractivity contribution in [3.63, 3.8) is 0 Å². The van der Waals surface area contributed by atoms with Crippen LogP contribution < -0.4 is 0 Å². The van der Waals surface area contributed by atoms with Crippen LogP contribution >= 0.6 is 0 Å². The van der Waals surface area contributed by atoms with Gasteiger partial charge in [-0.2, -0.15) is 9.61 Å². The minimum absolute atomic E-state index is 0.0831. The second-order valence-electron chi connectivity index (χ2n) is 1.85. The van der Waals surface area contributed by atoms with Crippen LogP contribution in [0.2, 0.25) is 0 Å². The number of hydrogen-bond donors (Lipinski definition) is 2. The van der Waals surface area contributed by atoms with Gasteiger partial charge in [0.1, 0.15) is 6.20 Å². The third-order valence-electron chi connectivity index (χ3n) is 1.17. The summed E-state index contributed by atoms with van der Waals surface area (Å²) in [7, 11) is 0. The maximum absolute atomic E-state index is 8.94. The Hall–Kier alpha value is -1.65. The molecule has 0 aliphatic heterocycles. The maximum Gasteiger partial charge on any atom is 0.303 e. The molecular formula is C5H4N2O3. The van der Waals surface area contributed by atoms with E-state index in [2.05, 4.69) is 9.52 Å². The number of aromatic nitrogens is 2. The van der Waals surface area contributed by atoms with E-state index < -0.39 is 0 Å². The molecule has 2 aromatic heterocycles. The Balaban J connectivity index is 2.90. The number of hydrogen-bond acceptors (Lipinski definition) is 4. The Morgan fingerprint density at radius 3 is 3.00 bits per heavy atom. The quantitative estimate of drug-likeness (QED) is 0.553. The largest absolute Gasteiger partial charge is 0.502 e. The highest BCUT2D eigenvalue weighted by molar-refractivity contribution is 5.48. The monoisotopic (exact) mass is 140 g/mol. The van der Waals surface area contributed by atoms with Gasteiger partial charge in [-0.05, 0) is 0 Å². The van der Waals surface area contributed by atoms with E-state index in [9.17, 15) is 0 Å². The van der Waals surface area contributed by atoms with Gasteiger partial charge in [0, 0.05) is 0 Å². The zero-order valence-electron chi connectivity index (χ0n) is 4.85. The van der Waals surface area contributed by atoms with Gasteiger partial charge in [-0.1, -0.05) is 0 Å².